The van der Waals surface area contributed by atoms with Crippen LogP contribution >= 0.6 is 11.3 Å². The van der Waals surface area contributed by atoms with Gasteiger partial charge in [-0.3, -0.25) is 10.1 Å². The van der Waals surface area contributed by atoms with E-state index in [0.717, 1.165) is 4.88 Å². The molecule has 1 saturated heterocycles. The molecule has 13 heavy (non-hydrogen) atoms. The van der Waals surface area contributed by atoms with Gasteiger partial charge >= 0.3 is 0 Å². The molecule has 1 aliphatic heterocycles. The van der Waals surface area contributed by atoms with E-state index in [4.69, 9.17) is 0 Å². The van der Waals surface area contributed by atoms with E-state index >= 15 is 0 Å². The number of hydrogen-bond acceptors (Lipinski definition) is 3. The van der Waals surface area contributed by atoms with E-state index in [9.17, 15) is 4.79 Å². The standard InChI is InChI=1S/C9H12N2OS/c1-6-3-4-7(13-6)9(2)10-5-8(12)11-9/h3-4,10H,5H2,1-2H3,(H,11,12). The third-order valence-corrected chi connectivity index (χ3v) is 3.45. The van der Waals surface area contributed by atoms with Crippen molar-refractivity contribution in [3.8, 4) is 0 Å². The van der Waals surface area contributed by atoms with Gasteiger partial charge in [0.05, 0.1) is 6.54 Å². The van der Waals surface area contributed by atoms with E-state index in [1.807, 2.05) is 6.92 Å². The van der Waals surface area contributed by atoms with Crippen molar-refractivity contribution in [1.29, 1.82) is 0 Å². The fourth-order valence-corrected chi connectivity index (χ4v) is 2.42. The first-order valence-electron chi connectivity index (χ1n) is 4.23. The van der Waals surface area contributed by atoms with Crippen LogP contribution in [0, 0.1) is 6.92 Å². The molecule has 0 bridgehead atoms. The van der Waals surface area contributed by atoms with Gasteiger partial charge in [0.15, 0.2) is 0 Å². The van der Waals surface area contributed by atoms with Gasteiger partial charge in [0.25, 0.3) is 0 Å². The zero-order chi connectivity index (χ0) is 9.47. The second-order valence-electron chi connectivity index (χ2n) is 3.44. The van der Waals surface area contributed by atoms with Gasteiger partial charge in [0.2, 0.25) is 5.91 Å². The first-order chi connectivity index (χ1) is 6.10. The van der Waals surface area contributed by atoms with Crippen LogP contribution in [0.5, 0.6) is 0 Å². The number of nitrogens with one attached hydrogen (secondary N) is 2. The van der Waals surface area contributed by atoms with Gasteiger partial charge < -0.3 is 5.32 Å². The Morgan fingerprint density at radius 1 is 1.54 bits per heavy atom. The molecule has 2 N–H and O–H groups in total. The molecule has 4 heteroatoms. The van der Waals surface area contributed by atoms with Gasteiger partial charge in [-0.05, 0) is 26.0 Å². The zero-order valence-corrected chi connectivity index (χ0v) is 8.49. The molecule has 0 spiro atoms. The second-order valence-corrected chi connectivity index (χ2v) is 4.72. The lowest BCUT2D eigenvalue weighted by atomic mass is 10.2. The quantitative estimate of drug-likeness (QED) is 0.702. The molecule has 0 aliphatic carbocycles. The van der Waals surface area contributed by atoms with Gasteiger partial charge in [-0.2, -0.15) is 0 Å². The summed E-state index contributed by atoms with van der Waals surface area (Å²) < 4.78 is 0. The highest BCUT2D eigenvalue weighted by molar-refractivity contribution is 7.12. The number of carbonyl (C=O) groups is 1. The first-order valence-corrected chi connectivity index (χ1v) is 5.05. The highest BCUT2D eigenvalue weighted by Gasteiger charge is 2.34. The Morgan fingerprint density at radius 2 is 2.31 bits per heavy atom. The highest BCUT2D eigenvalue weighted by atomic mass is 32.1. The normalized spacial score (nSPS) is 27.7. The lowest BCUT2D eigenvalue weighted by Gasteiger charge is -2.22. The maximum atomic E-state index is 11.1. The van der Waals surface area contributed by atoms with E-state index in [0.29, 0.717) is 6.54 Å². The molecule has 1 aliphatic rings. The summed E-state index contributed by atoms with van der Waals surface area (Å²) >= 11 is 1.71. The van der Waals surface area contributed by atoms with Gasteiger partial charge in [-0.1, -0.05) is 0 Å². The fourth-order valence-electron chi connectivity index (χ4n) is 1.48. The number of amides is 1. The lowest BCUT2D eigenvalue weighted by molar-refractivity contribution is -0.118. The van der Waals surface area contributed by atoms with Crippen LogP contribution in [-0.4, -0.2) is 12.5 Å². The van der Waals surface area contributed by atoms with Gasteiger partial charge in [0.1, 0.15) is 5.66 Å². The van der Waals surface area contributed by atoms with E-state index in [1.165, 1.54) is 4.88 Å². The van der Waals surface area contributed by atoms with Crippen molar-refractivity contribution in [1.82, 2.24) is 10.6 Å². The van der Waals surface area contributed by atoms with Crippen LogP contribution < -0.4 is 10.6 Å². The lowest BCUT2D eigenvalue weighted by Crippen LogP contribution is -2.42. The number of carbonyl (C=O) groups excluding carboxylic acids is 1. The molecule has 1 aromatic heterocycles. The largest absolute Gasteiger partial charge is 0.332 e. The SMILES string of the molecule is Cc1ccc(C2(C)NCC(=O)N2)s1. The van der Waals surface area contributed by atoms with Gasteiger partial charge in [-0.25, -0.2) is 0 Å². The molecule has 1 aromatic rings. The number of hydrogen-bond donors (Lipinski definition) is 2. The van der Waals surface area contributed by atoms with Gasteiger partial charge in [-0.15, -0.1) is 11.3 Å². The molecule has 0 radical (unpaired) electrons. The predicted molar refractivity (Wildman–Crippen MR) is 52.6 cm³/mol. The predicted octanol–water partition coefficient (Wildman–Crippen LogP) is 0.949. The first kappa shape index (κ1) is 8.72. The van der Waals surface area contributed by atoms with Crippen molar-refractivity contribution in [3.63, 3.8) is 0 Å². The van der Waals surface area contributed by atoms with E-state index < -0.39 is 0 Å². The van der Waals surface area contributed by atoms with Crippen molar-refractivity contribution in [2.24, 2.45) is 0 Å². The minimum absolute atomic E-state index is 0.0635. The fraction of sp³-hybridized carbons (Fsp3) is 0.444. The van der Waals surface area contributed by atoms with Crippen molar-refractivity contribution in [3.05, 3.63) is 21.9 Å². The minimum Gasteiger partial charge on any atom is -0.332 e. The maximum Gasteiger partial charge on any atom is 0.235 e. The molecule has 1 amide bonds. The Morgan fingerprint density at radius 3 is 2.77 bits per heavy atom. The summed E-state index contributed by atoms with van der Waals surface area (Å²) in [6.45, 7) is 4.46. The van der Waals surface area contributed by atoms with Crippen LogP contribution in [-0.2, 0) is 10.5 Å². The number of rotatable bonds is 1. The van der Waals surface area contributed by atoms with Crippen molar-refractivity contribution < 1.29 is 4.79 Å². The third-order valence-electron chi connectivity index (χ3n) is 2.23. The van der Waals surface area contributed by atoms with Crippen LogP contribution in [0.1, 0.15) is 16.7 Å². The molecule has 1 unspecified atom stereocenters. The van der Waals surface area contributed by atoms with Crippen LogP contribution in [0.4, 0.5) is 0 Å². The summed E-state index contributed by atoms with van der Waals surface area (Å²) in [6, 6.07) is 4.12. The Kier molecular flexibility index (Phi) is 1.89. The molecular formula is C9H12N2OS. The highest BCUT2D eigenvalue weighted by Crippen LogP contribution is 2.27. The summed E-state index contributed by atoms with van der Waals surface area (Å²) in [4.78, 5) is 13.5. The van der Waals surface area contributed by atoms with Crippen LogP contribution in [0.25, 0.3) is 0 Å². The monoisotopic (exact) mass is 196 g/mol. The zero-order valence-electron chi connectivity index (χ0n) is 7.68. The molecule has 1 atom stereocenters. The number of aryl methyl sites for hydroxylation is 1. The summed E-state index contributed by atoms with van der Waals surface area (Å²) in [5.74, 6) is 0.0635. The number of thiophene rings is 1. The molecule has 70 valence electrons. The average molecular weight is 196 g/mol. The summed E-state index contributed by atoms with van der Waals surface area (Å²) in [5.41, 5.74) is -0.351. The van der Waals surface area contributed by atoms with Crippen molar-refractivity contribution in [2.75, 3.05) is 6.54 Å². The van der Waals surface area contributed by atoms with Crippen LogP contribution in [0.15, 0.2) is 12.1 Å². The van der Waals surface area contributed by atoms with Crippen molar-refractivity contribution >= 4 is 17.2 Å². The third kappa shape index (κ3) is 1.47. The Bertz CT molecular complexity index is 347. The van der Waals surface area contributed by atoms with Gasteiger partial charge in [0, 0.05) is 9.75 Å². The molecule has 0 aromatic carbocycles. The van der Waals surface area contributed by atoms with E-state index in [2.05, 4.69) is 29.7 Å². The Balaban J connectivity index is 2.30. The van der Waals surface area contributed by atoms with E-state index in [1.54, 1.807) is 11.3 Å². The summed E-state index contributed by atoms with van der Waals surface area (Å²) in [6.07, 6.45) is 0. The molecule has 2 heterocycles. The molecule has 1 fully saturated rings. The summed E-state index contributed by atoms with van der Waals surface area (Å²) in [7, 11) is 0. The molecular weight excluding hydrogens is 184 g/mol. The molecule has 3 nitrogen and oxygen atoms in total. The second kappa shape index (κ2) is 2.82. The van der Waals surface area contributed by atoms with E-state index in [-0.39, 0.29) is 11.6 Å². The topological polar surface area (TPSA) is 41.1 Å². The maximum absolute atomic E-state index is 11.1. The summed E-state index contributed by atoms with van der Waals surface area (Å²) in [5, 5.41) is 6.08. The molecule has 2 rings (SSSR count). The van der Waals surface area contributed by atoms with Crippen molar-refractivity contribution in [2.45, 2.75) is 19.5 Å². The Hall–Kier alpha value is -0.870. The average Bonchev–Trinajstić information content (AvgIpc) is 2.60. The Labute approximate surface area is 81.2 Å². The van der Waals surface area contributed by atoms with Crippen LogP contribution in [0.2, 0.25) is 0 Å². The smallest absolute Gasteiger partial charge is 0.235 e. The van der Waals surface area contributed by atoms with Crippen LogP contribution in [0.3, 0.4) is 0 Å². The minimum atomic E-state index is -0.351. The molecule has 0 saturated carbocycles.